The van der Waals surface area contributed by atoms with Crippen molar-refractivity contribution in [2.45, 2.75) is 20.8 Å². The summed E-state index contributed by atoms with van der Waals surface area (Å²) in [4.78, 5) is 18.4. The van der Waals surface area contributed by atoms with Gasteiger partial charge in [0.1, 0.15) is 5.78 Å². The summed E-state index contributed by atoms with van der Waals surface area (Å²) >= 11 is 0. The molecule has 4 heteroatoms. The van der Waals surface area contributed by atoms with Crippen molar-refractivity contribution in [2.75, 3.05) is 7.11 Å². The number of carbonyl (C=O) groups is 2. The largest absolute Gasteiger partial charge is 0.481 e. The van der Waals surface area contributed by atoms with Crippen molar-refractivity contribution in [3.63, 3.8) is 0 Å². The summed E-state index contributed by atoms with van der Waals surface area (Å²) in [6, 6.07) is 12.0. The number of carboxylic acids is 1. The molecule has 0 radical (unpaired) electrons. The van der Waals surface area contributed by atoms with Crippen LogP contribution in [0.3, 0.4) is 0 Å². The molecule has 0 heterocycles. The van der Waals surface area contributed by atoms with Crippen molar-refractivity contribution < 1.29 is 19.8 Å². The zero-order valence-electron chi connectivity index (χ0n) is 10.2. The highest BCUT2D eigenvalue weighted by Gasteiger charge is 1.65. The average Bonchev–Trinajstić information content (AvgIpc) is 2.22. The molecule has 4 nitrogen and oxygen atoms in total. The molecule has 0 aromatic heterocycles. The summed E-state index contributed by atoms with van der Waals surface area (Å²) in [5.41, 5.74) is 0. The Hall–Kier alpha value is -1.68. The van der Waals surface area contributed by atoms with E-state index in [9.17, 15) is 4.79 Å². The van der Waals surface area contributed by atoms with Gasteiger partial charge in [-0.05, 0) is 13.8 Å². The Balaban J connectivity index is -0.000000152. The molecule has 0 atom stereocenters. The Kier molecular flexibility index (Phi) is 23.5. The number of Topliss-reactive ketones (excluding diaryl/α,β-unsaturated/α-hetero) is 1. The third-order valence-electron chi connectivity index (χ3n) is 0.667. The van der Waals surface area contributed by atoms with Crippen LogP contribution < -0.4 is 0 Å². The Morgan fingerprint density at radius 1 is 0.750 bits per heavy atom. The minimum atomic E-state index is -0.833. The second-order valence-electron chi connectivity index (χ2n) is 2.58. The van der Waals surface area contributed by atoms with Crippen molar-refractivity contribution >= 4 is 11.8 Å². The maximum atomic E-state index is 9.44. The fourth-order valence-electron chi connectivity index (χ4n) is 0.385. The Morgan fingerprint density at radius 3 is 0.875 bits per heavy atom. The molecule has 1 aromatic carbocycles. The van der Waals surface area contributed by atoms with Gasteiger partial charge < -0.3 is 15.0 Å². The smallest absolute Gasteiger partial charge is 0.300 e. The van der Waals surface area contributed by atoms with E-state index >= 15 is 0 Å². The van der Waals surface area contributed by atoms with Crippen LogP contribution in [0.1, 0.15) is 20.8 Å². The molecule has 0 spiro atoms. The fraction of sp³-hybridized carbons (Fsp3) is 0.333. The molecule has 0 aliphatic rings. The lowest BCUT2D eigenvalue weighted by Crippen LogP contribution is -1.78. The topological polar surface area (TPSA) is 74.6 Å². The van der Waals surface area contributed by atoms with Gasteiger partial charge in [-0.25, -0.2) is 0 Å². The van der Waals surface area contributed by atoms with Crippen LogP contribution in [0, 0.1) is 0 Å². The Morgan fingerprint density at radius 2 is 0.812 bits per heavy atom. The molecule has 2 N–H and O–H groups in total. The molecule has 92 valence electrons. The highest BCUT2D eigenvalue weighted by molar-refractivity contribution is 5.72. The highest BCUT2D eigenvalue weighted by atomic mass is 16.4. The number of carbonyl (C=O) groups excluding carboxylic acids is 1. The highest BCUT2D eigenvalue weighted by Crippen LogP contribution is 1.79. The van der Waals surface area contributed by atoms with E-state index in [1.165, 1.54) is 13.8 Å². The van der Waals surface area contributed by atoms with E-state index in [-0.39, 0.29) is 5.78 Å². The van der Waals surface area contributed by atoms with Gasteiger partial charge in [-0.3, -0.25) is 4.79 Å². The van der Waals surface area contributed by atoms with Crippen LogP contribution in [0.15, 0.2) is 36.4 Å². The van der Waals surface area contributed by atoms with Crippen molar-refractivity contribution in [3.8, 4) is 0 Å². The molecule has 1 rings (SSSR count). The van der Waals surface area contributed by atoms with Crippen LogP contribution in [-0.2, 0) is 9.59 Å². The van der Waals surface area contributed by atoms with E-state index in [1.807, 2.05) is 36.4 Å². The van der Waals surface area contributed by atoms with E-state index in [4.69, 9.17) is 15.0 Å². The summed E-state index contributed by atoms with van der Waals surface area (Å²) in [6.07, 6.45) is 0. The third kappa shape index (κ3) is 84.6. The lowest BCUT2D eigenvalue weighted by Gasteiger charge is -1.69. The summed E-state index contributed by atoms with van der Waals surface area (Å²) in [5.74, 6) is -0.667. The molecule has 0 saturated heterocycles. The van der Waals surface area contributed by atoms with Gasteiger partial charge in [-0.2, -0.15) is 0 Å². The van der Waals surface area contributed by atoms with E-state index in [0.717, 1.165) is 14.0 Å². The minimum Gasteiger partial charge on any atom is -0.481 e. The predicted molar refractivity (Wildman–Crippen MR) is 64.2 cm³/mol. The van der Waals surface area contributed by atoms with Gasteiger partial charge in [-0.15, -0.1) is 0 Å². The van der Waals surface area contributed by atoms with E-state index in [0.29, 0.717) is 0 Å². The lowest BCUT2D eigenvalue weighted by molar-refractivity contribution is -0.134. The number of hydrogen-bond acceptors (Lipinski definition) is 3. The van der Waals surface area contributed by atoms with Gasteiger partial charge in [0, 0.05) is 14.0 Å². The number of rotatable bonds is 0. The summed E-state index contributed by atoms with van der Waals surface area (Å²) in [5, 5.41) is 14.4. The minimum absolute atomic E-state index is 0.167. The van der Waals surface area contributed by atoms with Gasteiger partial charge in [0.2, 0.25) is 0 Å². The van der Waals surface area contributed by atoms with Crippen molar-refractivity contribution in [1.29, 1.82) is 0 Å². The van der Waals surface area contributed by atoms with Gasteiger partial charge in [0.05, 0.1) is 0 Å². The van der Waals surface area contributed by atoms with Crippen LogP contribution in [-0.4, -0.2) is 29.1 Å². The average molecular weight is 228 g/mol. The molecular formula is C12H20O4. The number of benzene rings is 1. The number of aliphatic carboxylic acids is 1. The first-order valence-corrected chi connectivity index (χ1v) is 4.58. The van der Waals surface area contributed by atoms with E-state index in [1.54, 1.807) is 0 Å². The quantitative estimate of drug-likeness (QED) is 0.712. The predicted octanol–water partition coefficient (Wildman–Crippen LogP) is 1.98. The standard InChI is InChI=1S/C6H6.C3H6O.C2H4O2.CH4O/c1-2-4-6-5-3-1;1-3(2)4;1-2(3)4;1-2/h1-6H;1-2H3;1H3,(H,3,4);2H,1H3. The maximum Gasteiger partial charge on any atom is 0.300 e. The molecule has 0 amide bonds. The molecule has 0 unspecified atom stereocenters. The fourth-order valence-corrected chi connectivity index (χ4v) is 0.385. The van der Waals surface area contributed by atoms with Gasteiger partial charge in [0.15, 0.2) is 0 Å². The van der Waals surface area contributed by atoms with E-state index in [2.05, 4.69) is 0 Å². The monoisotopic (exact) mass is 228 g/mol. The molecule has 0 aliphatic carbocycles. The molecule has 1 aromatic rings. The van der Waals surface area contributed by atoms with Gasteiger partial charge >= 0.3 is 0 Å². The normalized spacial score (nSPS) is 6.56. The van der Waals surface area contributed by atoms with Crippen LogP contribution in [0.5, 0.6) is 0 Å². The number of carboxylic acid groups (broad SMARTS) is 1. The number of aliphatic hydroxyl groups excluding tert-OH is 1. The molecule has 0 aliphatic heterocycles. The first-order chi connectivity index (χ1) is 7.46. The summed E-state index contributed by atoms with van der Waals surface area (Å²) in [7, 11) is 1.00. The molecule has 0 fully saturated rings. The van der Waals surface area contributed by atoms with Crippen LogP contribution >= 0.6 is 0 Å². The first-order valence-electron chi connectivity index (χ1n) is 4.58. The van der Waals surface area contributed by atoms with Crippen LogP contribution in [0.25, 0.3) is 0 Å². The number of aliphatic hydroxyl groups is 1. The zero-order valence-corrected chi connectivity index (χ0v) is 10.2. The molecule has 0 bridgehead atoms. The SMILES string of the molecule is CC(=O)O.CC(C)=O.CO.c1ccccc1. The van der Waals surface area contributed by atoms with Crippen LogP contribution in [0.4, 0.5) is 0 Å². The Labute approximate surface area is 96.6 Å². The van der Waals surface area contributed by atoms with Gasteiger partial charge in [0.25, 0.3) is 5.97 Å². The molecular weight excluding hydrogens is 208 g/mol. The van der Waals surface area contributed by atoms with Crippen molar-refractivity contribution in [1.82, 2.24) is 0 Å². The second kappa shape index (κ2) is 19.0. The molecule has 16 heavy (non-hydrogen) atoms. The maximum absolute atomic E-state index is 9.44. The number of ketones is 1. The number of hydrogen-bond donors (Lipinski definition) is 2. The van der Waals surface area contributed by atoms with Crippen molar-refractivity contribution in [2.24, 2.45) is 0 Å². The lowest BCUT2D eigenvalue weighted by atomic mass is 10.4. The van der Waals surface area contributed by atoms with Crippen LogP contribution in [0.2, 0.25) is 0 Å². The van der Waals surface area contributed by atoms with E-state index < -0.39 is 5.97 Å². The third-order valence-corrected chi connectivity index (χ3v) is 0.667. The molecule has 0 saturated carbocycles. The first kappa shape index (κ1) is 19.8. The summed E-state index contributed by atoms with van der Waals surface area (Å²) < 4.78 is 0. The second-order valence-corrected chi connectivity index (χ2v) is 2.58. The Bertz CT molecular complexity index is 198. The van der Waals surface area contributed by atoms with Gasteiger partial charge in [-0.1, -0.05) is 36.4 Å². The van der Waals surface area contributed by atoms with Crippen molar-refractivity contribution in [3.05, 3.63) is 36.4 Å². The zero-order chi connectivity index (χ0) is 13.4. The summed E-state index contributed by atoms with van der Waals surface area (Å²) in [6.45, 7) is 4.14.